The summed E-state index contributed by atoms with van der Waals surface area (Å²) in [5, 5.41) is 16.4. The number of halogens is 1. The zero-order chi connectivity index (χ0) is 13.2. The minimum Gasteiger partial charge on any atom is -0.260 e. The van der Waals surface area contributed by atoms with E-state index < -0.39 is 0 Å². The molecule has 1 aromatic heterocycles. The molecule has 0 saturated carbocycles. The maximum atomic E-state index is 13.2. The predicted octanol–water partition coefficient (Wildman–Crippen LogP) is 3.15. The Morgan fingerprint density at radius 1 is 1.16 bits per heavy atom. The molecule has 0 fully saturated rings. The van der Waals surface area contributed by atoms with Crippen molar-refractivity contribution in [1.82, 2.24) is 9.78 Å². The molecule has 0 spiro atoms. The Morgan fingerprint density at radius 2 is 2.00 bits per heavy atom. The average molecular weight is 255 g/mol. The second kappa shape index (κ2) is 4.82. The first-order valence-electron chi connectivity index (χ1n) is 6.04. The number of hydrogen-bond donors (Lipinski definition) is 0. The lowest BCUT2D eigenvalue weighted by Gasteiger charge is -2.06. The summed E-state index contributed by atoms with van der Waals surface area (Å²) in [4.78, 5) is 0. The number of rotatable bonds is 3. The average Bonchev–Trinajstić information content (AvgIpc) is 2.82. The summed E-state index contributed by atoms with van der Waals surface area (Å²) in [6.45, 7) is 0.171. The molecular weight excluding hydrogens is 243 g/mol. The van der Waals surface area contributed by atoms with Gasteiger partial charge in [0.2, 0.25) is 0 Å². The number of para-hydroxylation sites is 1. The standard InChI is InChI=1S/C15H12FN2O/c16-14-6-1-3-11(7-14)9-18-15-12(8-17-18)4-2-5-13(15)10-19/h1-8H,9-10H2. The van der Waals surface area contributed by atoms with Gasteiger partial charge in [-0.1, -0.05) is 30.3 Å². The second-order valence-corrected chi connectivity index (χ2v) is 4.43. The largest absolute Gasteiger partial charge is 0.260 e. The number of hydrogen-bond acceptors (Lipinski definition) is 1. The van der Waals surface area contributed by atoms with E-state index in [0.29, 0.717) is 12.1 Å². The lowest BCUT2D eigenvalue weighted by Crippen LogP contribution is -2.03. The molecule has 3 nitrogen and oxygen atoms in total. The van der Waals surface area contributed by atoms with Crippen LogP contribution in [0.25, 0.3) is 10.9 Å². The third kappa shape index (κ3) is 2.22. The molecule has 95 valence electrons. The SMILES string of the molecule is [O]Cc1cccc2cnn(Cc3cccc(F)c3)c12. The number of nitrogens with zero attached hydrogens (tertiary/aromatic N) is 2. The van der Waals surface area contributed by atoms with Gasteiger partial charge in [0.15, 0.2) is 0 Å². The lowest BCUT2D eigenvalue weighted by atomic mass is 10.1. The van der Waals surface area contributed by atoms with Gasteiger partial charge in [0.25, 0.3) is 0 Å². The number of aromatic nitrogens is 2. The van der Waals surface area contributed by atoms with Crippen LogP contribution in [0.2, 0.25) is 0 Å². The fourth-order valence-electron chi connectivity index (χ4n) is 2.26. The molecule has 0 saturated heterocycles. The van der Waals surface area contributed by atoms with E-state index >= 15 is 0 Å². The zero-order valence-corrected chi connectivity index (χ0v) is 10.2. The van der Waals surface area contributed by atoms with Gasteiger partial charge >= 0.3 is 0 Å². The monoisotopic (exact) mass is 255 g/mol. The van der Waals surface area contributed by atoms with Crippen LogP contribution in [-0.4, -0.2) is 9.78 Å². The van der Waals surface area contributed by atoms with Crippen molar-refractivity contribution in [2.24, 2.45) is 0 Å². The Hall–Kier alpha value is -2.20. The molecule has 4 heteroatoms. The predicted molar refractivity (Wildman–Crippen MR) is 69.6 cm³/mol. The van der Waals surface area contributed by atoms with Crippen molar-refractivity contribution in [2.45, 2.75) is 13.2 Å². The van der Waals surface area contributed by atoms with Gasteiger partial charge in [-0.15, -0.1) is 0 Å². The smallest absolute Gasteiger partial charge is 0.123 e. The molecule has 0 atom stereocenters. The Bertz CT molecular complexity index is 721. The van der Waals surface area contributed by atoms with Crippen LogP contribution in [0.3, 0.4) is 0 Å². The topological polar surface area (TPSA) is 37.7 Å². The van der Waals surface area contributed by atoms with Crippen LogP contribution in [0.1, 0.15) is 11.1 Å². The Kier molecular flexibility index (Phi) is 3.01. The van der Waals surface area contributed by atoms with Gasteiger partial charge < -0.3 is 0 Å². The third-order valence-electron chi connectivity index (χ3n) is 3.12. The molecule has 3 aromatic rings. The highest BCUT2D eigenvalue weighted by atomic mass is 19.1. The number of benzene rings is 2. The summed E-state index contributed by atoms with van der Waals surface area (Å²) in [6, 6.07) is 12.0. The van der Waals surface area contributed by atoms with E-state index in [0.717, 1.165) is 16.5 Å². The van der Waals surface area contributed by atoms with Crippen molar-refractivity contribution in [3.05, 3.63) is 65.6 Å². The maximum absolute atomic E-state index is 13.2. The van der Waals surface area contributed by atoms with Crippen LogP contribution in [0.4, 0.5) is 4.39 Å². The van der Waals surface area contributed by atoms with Gasteiger partial charge in [0, 0.05) is 10.9 Å². The van der Waals surface area contributed by atoms with E-state index in [4.69, 9.17) is 0 Å². The van der Waals surface area contributed by atoms with Gasteiger partial charge in [0.05, 0.1) is 18.3 Å². The quantitative estimate of drug-likeness (QED) is 0.708. The highest BCUT2D eigenvalue weighted by Gasteiger charge is 2.08. The van der Waals surface area contributed by atoms with Crippen molar-refractivity contribution in [1.29, 1.82) is 0 Å². The van der Waals surface area contributed by atoms with E-state index in [1.165, 1.54) is 12.1 Å². The molecule has 3 rings (SSSR count). The summed E-state index contributed by atoms with van der Waals surface area (Å²) in [7, 11) is 0. The molecule has 1 heterocycles. The van der Waals surface area contributed by atoms with Crippen LogP contribution in [-0.2, 0) is 18.3 Å². The summed E-state index contributed by atoms with van der Waals surface area (Å²) in [5.74, 6) is -0.266. The van der Waals surface area contributed by atoms with E-state index in [1.54, 1.807) is 23.0 Å². The molecule has 2 aromatic carbocycles. The van der Waals surface area contributed by atoms with Gasteiger partial charge in [0.1, 0.15) is 12.4 Å². The van der Waals surface area contributed by atoms with Crippen molar-refractivity contribution < 1.29 is 9.50 Å². The minimum absolute atomic E-state index is 0.266. The molecular formula is C15H12FN2O. The molecule has 0 amide bonds. The lowest BCUT2D eigenvalue weighted by molar-refractivity contribution is 0.178. The van der Waals surface area contributed by atoms with Crippen LogP contribution in [0.5, 0.6) is 0 Å². The highest BCUT2D eigenvalue weighted by Crippen LogP contribution is 2.20. The summed E-state index contributed by atoms with van der Waals surface area (Å²) >= 11 is 0. The van der Waals surface area contributed by atoms with Crippen LogP contribution in [0, 0.1) is 5.82 Å². The van der Waals surface area contributed by atoms with Crippen molar-refractivity contribution in [3.8, 4) is 0 Å². The third-order valence-corrected chi connectivity index (χ3v) is 3.12. The molecule has 1 radical (unpaired) electrons. The van der Waals surface area contributed by atoms with E-state index in [9.17, 15) is 9.50 Å². The fourth-order valence-corrected chi connectivity index (χ4v) is 2.26. The van der Waals surface area contributed by atoms with Crippen LogP contribution >= 0.6 is 0 Å². The fraction of sp³-hybridized carbons (Fsp3) is 0.133. The summed E-state index contributed by atoms with van der Waals surface area (Å²) in [5.41, 5.74) is 2.37. The normalized spacial score (nSPS) is 11.1. The van der Waals surface area contributed by atoms with Gasteiger partial charge in [-0.2, -0.15) is 5.10 Å². The minimum atomic E-state index is -0.286. The van der Waals surface area contributed by atoms with Crippen LogP contribution in [0.15, 0.2) is 48.7 Å². The van der Waals surface area contributed by atoms with Gasteiger partial charge in [-0.05, 0) is 17.7 Å². The van der Waals surface area contributed by atoms with Crippen molar-refractivity contribution >= 4 is 10.9 Å². The molecule has 0 aliphatic heterocycles. The maximum Gasteiger partial charge on any atom is 0.123 e. The Labute approximate surface area is 109 Å². The molecule has 0 bridgehead atoms. The molecule has 0 aliphatic carbocycles. The van der Waals surface area contributed by atoms with E-state index in [1.807, 2.05) is 18.2 Å². The summed E-state index contributed by atoms with van der Waals surface area (Å²) in [6.07, 6.45) is 1.73. The first-order valence-corrected chi connectivity index (χ1v) is 6.04. The summed E-state index contributed by atoms with van der Waals surface area (Å²) < 4.78 is 14.9. The van der Waals surface area contributed by atoms with Crippen molar-refractivity contribution in [3.63, 3.8) is 0 Å². The zero-order valence-electron chi connectivity index (χ0n) is 10.2. The van der Waals surface area contributed by atoms with Crippen molar-refractivity contribution in [2.75, 3.05) is 0 Å². The first kappa shape index (κ1) is 11.9. The van der Waals surface area contributed by atoms with Crippen LogP contribution < -0.4 is 0 Å². The van der Waals surface area contributed by atoms with Gasteiger partial charge in [-0.25, -0.2) is 9.50 Å². The second-order valence-electron chi connectivity index (χ2n) is 4.43. The van der Waals surface area contributed by atoms with E-state index in [2.05, 4.69) is 5.10 Å². The molecule has 19 heavy (non-hydrogen) atoms. The molecule has 0 aliphatic rings. The van der Waals surface area contributed by atoms with E-state index in [-0.39, 0.29) is 12.4 Å². The Balaban J connectivity index is 2.06. The van der Waals surface area contributed by atoms with Gasteiger partial charge in [-0.3, -0.25) is 4.68 Å². The molecule has 0 N–H and O–H groups in total. The highest BCUT2D eigenvalue weighted by molar-refractivity contribution is 5.81. The first-order chi connectivity index (χ1) is 9.28. The Morgan fingerprint density at radius 3 is 2.79 bits per heavy atom. The number of fused-ring (bicyclic) bond motifs is 1. The molecule has 0 unspecified atom stereocenters.